The van der Waals surface area contributed by atoms with E-state index in [2.05, 4.69) is 171 Å². The Kier molecular flexibility index (Phi) is 9.74. The Hall–Kier alpha value is -7.46. The fourth-order valence-corrected chi connectivity index (χ4v) is 8.60. The zero-order valence-corrected chi connectivity index (χ0v) is 37.0. The molecule has 0 radical (unpaired) electrons. The van der Waals surface area contributed by atoms with Gasteiger partial charge in [0.2, 0.25) is 5.88 Å². The van der Waals surface area contributed by atoms with E-state index >= 15 is 0 Å². The second kappa shape index (κ2) is 15.5. The maximum atomic E-state index is 6.35. The van der Waals surface area contributed by atoms with Crippen LogP contribution in [0.3, 0.4) is 0 Å². The van der Waals surface area contributed by atoms with E-state index in [4.69, 9.17) is 19.4 Å². The predicted octanol–water partition coefficient (Wildman–Crippen LogP) is 8.29. The van der Waals surface area contributed by atoms with Crippen LogP contribution >= 0.6 is 0 Å². The van der Waals surface area contributed by atoms with Crippen LogP contribution < -0.4 is 14.8 Å². The molecule has 63 heavy (non-hydrogen) atoms. The lowest BCUT2D eigenvalue weighted by atomic mass is 10.1. The molecule has 2 atom stereocenters. The molecule has 2 unspecified atom stereocenters. The molecule has 9 aromatic rings. The molecule has 8 heterocycles. The molecule has 0 fully saturated rings. The predicted molar refractivity (Wildman–Crippen MR) is 247 cm³/mol. The van der Waals surface area contributed by atoms with Gasteiger partial charge in [-0.25, -0.2) is 9.97 Å². The minimum absolute atomic E-state index is 0.239. The molecule has 0 spiro atoms. The number of imidazole rings is 4. The van der Waals surface area contributed by atoms with E-state index in [1.807, 2.05) is 30.9 Å². The van der Waals surface area contributed by atoms with Gasteiger partial charge in [-0.3, -0.25) is 4.57 Å². The van der Waals surface area contributed by atoms with E-state index in [0.717, 1.165) is 80.6 Å². The SMILES string of the molecule is CC(CNc1ccc(C2CC=C(c3ccc4[nH]c(Oc5cnc(-c6ccc(-c7ccc(-c8ccc9[nH]c(Oc%10nccn%10C)nc9c8)n7C)n6C)n5C)nc4c3)N2C)n1C)N(C)C. The molecule has 0 saturated carbocycles. The van der Waals surface area contributed by atoms with Crippen LogP contribution in [0.2, 0.25) is 0 Å². The average molecular weight is 845 g/mol. The maximum Gasteiger partial charge on any atom is 0.303 e. The van der Waals surface area contributed by atoms with Crippen molar-refractivity contribution in [2.75, 3.05) is 33.0 Å². The number of ether oxygens (including phenoxy) is 2. The van der Waals surface area contributed by atoms with Crippen LogP contribution in [-0.2, 0) is 35.2 Å². The average Bonchev–Trinajstić information content (AvgIpc) is 4.15. The van der Waals surface area contributed by atoms with Gasteiger partial charge in [0.25, 0.3) is 0 Å². The van der Waals surface area contributed by atoms with Gasteiger partial charge >= 0.3 is 18.0 Å². The fraction of sp³-hybridized carbons (Fsp3) is 0.277. The molecular formula is C47H52N14O2. The Morgan fingerprint density at radius 1 is 0.730 bits per heavy atom. The standard InChI is InChI=1S/C47H52N14O2/c1-28(55(2)3)26-49-42-21-20-40(60(42)8)39-17-15-36(58(39)6)29-10-12-31-33(24-29)53-45(51-31)62-43-27-50-44(61(43)9)41-19-18-38(59(41)7)37-16-14-35(57(37)5)30-11-13-32-34(25-30)54-46(52-32)63-47-48-22-23-56(47)4/h10-16,18-25,27-28,39,49H,17,26H2,1-9H3,(H,51,53)(H,52,54). The summed E-state index contributed by atoms with van der Waals surface area (Å²) in [4.78, 5) is 29.8. The molecule has 10 rings (SSSR count). The van der Waals surface area contributed by atoms with Crippen molar-refractivity contribution in [1.82, 2.24) is 62.5 Å². The molecule has 0 amide bonds. The van der Waals surface area contributed by atoms with E-state index in [9.17, 15) is 0 Å². The molecule has 0 bridgehead atoms. The van der Waals surface area contributed by atoms with Gasteiger partial charge in [0, 0.05) is 89.9 Å². The van der Waals surface area contributed by atoms with Gasteiger partial charge < -0.3 is 52.8 Å². The number of nitrogens with one attached hydrogen (secondary N) is 3. The molecule has 2 aromatic carbocycles. The quantitative estimate of drug-likeness (QED) is 0.104. The molecule has 3 N–H and O–H groups in total. The summed E-state index contributed by atoms with van der Waals surface area (Å²) in [6, 6.07) is 27.4. The van der Waals surface area contributed by atoms with Gasteiger partial charge in [0.15, 0.2) is 5.82 Å². The van der Waals surface area contributed by atoms with Crippen LogP contribution in [0.15, 0.2) is 97.5 Å². The Labute approximate surface area is 365 Å². The fourth-order valence-electron chi connectivity index (χ4n) is 8.60. The third-order valence-corrected chi connectivity index (χ3v) is 12.7. The third-order valence-electron chi connectivity index (χ3n) is 12.7. The summed E-state index contributed by atoms with van der Waals surface area (Å²) in [7, 11) is 16.5. The van der Waals surface area contributed by atoms with E-state index in [-0.39, 0.29) is 6.04 Å². The lowest BCUT2D eigenvalue weighted by Crippen LogP contribution is -2.32. The summed E-state index contributed by atoms with van der Waals surface area (Å²) in [5, 5.41) is 3.62. The Morgan fingerprint density at radius 3 is 2.08 bits per heavy atom. The van der Waals surface area contributed by atoms with Crippen molar-refractivity contribution in [3.05, 3.63) is 109 Å². The van der Waals surface area contributed by atoms with E-state index in [0.29, 0.717) is 30.0 Å². The largest absolute Gasteiger partial charge is 0.407 e. The topological polar surface area (TPSA) is 145 Å². The molecule has 16 heteroatoms. The van der Waals surface area contributed by atoms with Crippen LogP contribution in [0, 0.1) is 0 Å². The molecule has 1 aliphatic heterocycles. The van der Waals surface area contributed by atoms with Crippen molar-refractivity contribution in [3.8, 4) is 58.1 Å². The van der Waals surface area contributed by atoms with Gasteiger partial charge in [-0.1, -0.05) is 18.2 Å². The number of hydrogen-bond donors (Lipinski definition) is 3. The third kappa shape index (κ3) is 7.01. The van der Waals surface area contributed by atoms with Crippen molar-refractivity contribution in [2.24, 2.45) is 35.2 Å². The first-order valence-corrected chi connectivity index (χ1v) is 21.1. The highest BCUT2D eigenvalue weighted by Crippen LogP contribution is 2.40. The van der Waals surface area contributed by atoms with E-state index in [1.54, 1.807) is 17.0 Å². The summed E-state index contributed by atoms with van der Waals surface area (Å²) in [5.41, 5.74) is 12.2. The lowest BCUT2D eigenvalue weighted by molar-refractivity contribution is 0.325. The van der Waals surface area contributed by atoms with Gasteiger partial charge in [-0.15, -0.1) is 0 Å². The van der Waals surface area contributed by atoms with Gasteiger partial charge in [-0.05, 0) is 93.7 Å². The Morgan fingerprint density at radius 2 is 1.38 bits per heavy atom. The Balaban J connectivity index is 0.829. The molecule has 322 valence electrons. The number of anilines is 1. The van der Waals surface area contributed by atoms with Gasteiger partial charge in [0.05, 0.1) is 51.4 Å². The Bertz CT molecular complexity index is 3160. The number of nitrogens with zero attached hydrogens (tertiary/aromatic N) is 11. The molecule has 7 aromatic heterocycles. The zero-order chi connectivity index (χ0) is 43.7. The van der Waals surface area contributed by atoms with Crippen molar-refractivity contribution in [1.29, 1.82) is 0 Å². The zero-order valence-electron chi connectivity index (χ0n) is 37.0. The number of aromatic nitrogens is 11. The minimum Gasteiger partial charge on any atom is -0.407 e. The monoisotopic (exact) mass is 844 g/mol. The number of benzene rings is 2. The highest BCUT2D eigenvalue weighted by Gasteiger charge is 2.28. The first-order valence-electron chi connectivity index (χ1n) is 21.1. The number of aromatic amines is 2. The van der Waals surface area contributed by atoms with Crippen LogP contribution in [0.5, 0.6) is 23.9 Å². The lowest BCUT2D eigenvalue weighted by Gasteiger charge is -2.27. The van der Waals surface area contributed by atoms with Crippen LogP contribution in [-0.4, -0.2) is 96.3 Å². The van der Waals surface area contributed by atoms with Crippen LogP contribution in [0.25, 0.3) is 61.9 Å². The van der Waals surface area contributed by atoms with Crippen LogP contribution in [0.4, 0.5) is 5.82 Å². The molecule has 16 nitrogen and oxygen atoms in total. The number of fused-ring (bicyclic) bond motifs is 2. The number of H-pyrrole nitrogens is 2. The van der Waals surface area contributed by atoms with Crippen molar-refractivity contribution < 1.29 is 9.47 Å². The summed E-state index contributed by atoms with van der Waals surface area (Å²) >= 11 is 0. The maximum absolute atomic E-state index is 6.35. The van der Waals surface area contributed by atoms with E-state index < -0.39 is 0 Å². The second-order valence-corrected chi connectivity index (χ2v) is 16.7. The molecular weight excluding hydrogens is 793 g/mol. The van der Waals surface area contributed by atoms with Gasteiger partial charge in [0.1, 0.15) is 5.82 Å². The highest BCUT2D eigenvalue weighted by atomic mass is 16.5. The minimum atomic E-state index is 0.239. The summed E-state index contributed by atoms with van der Waals surface area (Å²) in [6.07, 6.45) is 8.51. The molecule has 0 aliphatic carbocycles. The summed E-state index contributed by atoms with van der Waals surface area (Å²) in [6.45, 7) is 3.11. The van der Waals surface area contributed by atoms with Crippen molar-refractivity contribution >= 4 is 33.6 Å². The molecule has 0 saturated heterocycles. The van der Waals surface area contributed by atoms with Crippen molar-refractivity contribution in [3.63, 3.8) is 0 Å². The molecule has 1 aliphatic rings. The summed E-state index contributed by atoms with van der Waals surface area (Å²) in [5.74, 6) is 2.48. The van der Waals surface area contributed by atoms with Crippen molar-refractivity contribution in [2.45, 2.75) is 25.4 Å². The summed E-state index contributed by atoms with van der Waals surface area (Å²) < 4.78 is 22.6. The number of rotatable bonds is 13. The smallest absolute Gasteiger partial charge is 0.303 e. The highest BCUT2D eigenvalue weighted by molar-refractivity contribution is 5.83. The first kappa shape index (κ1) is 39.7. The normalized spacial score (nSPS) is 14.7. The number of hydrogen-bond acceptors (Lipinski definition) is 9. The second-order valence-electron chi connectivity index (χ2n) is 16.7. The van der Waals surface area contributed by atoms with E-state index in [1.165, 1.54) is 11.4 Å². The number of aryl methyl sites for hydroxylation is 1. The van der Waals surface area contributed by atoms with Gasteiger partial charge in [-0.2, -0.15) is 9.97 Å². The number of likely N-dealkylation sites (N-methyl/N-ethyl adjacent to an activating group) is 1. The first-order chi connectivity index (χ1) is 30.4. The van der Waals surface area contributed by atoms with Crippen LogP contribution in [0.1, 0.15) is 30.6 Å².